The highest BCUT2D eigenvalue weighted by molar-refractivity contribution is 5.58. The summed E-state index contributed by atoms with van der Waals surface area (Å²) in [6.45, 7) is 5.03. The van der Waals surface area contributed by atoms with Gasteiger partial charge in [0.1, 0.15) is 5.69 Å². The van der Waals surface area contributed by atoms with Crippen LogP contribution in [0.5, 0.6) is 0 Å². The van der Waals surface area contributed by atoms with Crippen molar-refractivity contribution in [2.24, 2.45) is 0 Å². The van der Waals surface area contributed by atoms with Crippen molar-refractivity contribution in [2.45, 2.75) is 32.9 Å². The molecule has 4 nitrogen and oxygen atoms in total. The Morgan fingerprint density at radius 1 is 1.12 bits per heavy atom. The maximum absolute atomic E-state index is 5.50. The van der Waals surface area contributed by atoms with Gasteiger partial charge in [0.15, 0.2) is 5.76 Å². The highest BCUT2D eigenvalue weighted by Crippen LogP contribution is 2.20. The lowest BCUT2D eigenvalue weighted by Gasteiger charge is -2.23. The van der Waals surface area contributed by atoms with Crippen molar-refractivity contribution in [1.29, 1.82) is 0 Å². The molecule has 3 aromatic rings. The summed E-state index contributed by atoms with van der Waals surface area (Å²) in [6, 6.07) is 16.6. The summed E-state index contributed by atoms with van der Waals surface area (Å²) < 4.78 is 5.50. The molecule has 3 rings (SSSR count). The van der Waals surface area contributed by atoms with Crippen LogP contribution in [0.2, 0.25) is 0 Å². The number of hydrogen-bond acceptors (Lipinski definition) is 4. The third-order valence-electron chi connectivity index (χ3n) is 4.26. The number of nitrogens with zero attached hydrogens (tertiary/aromatic N) is 3. The Labute approximate surface area is 143 Å². The van der Waals surface area contributed by atoms with E-state index in [-0.39, 0.29) is 0 Å². The first-order valence-corrected chi connectivity index (χ1v) is 8.24. The predicted molar refractivity (Wildman–Crippen MR) is 95.5 cm³/mol. The predicted octanol–water partition coefficient (Wildman–Crippen LogP) is 4.11. The molecule has 0 aliphatic carbocycles. The number of aryl methyl sites for hydroxylation is 1. The second-order valence-electron chi connectivity index (χ2n) is 6.34. The molecule has 24 heavy (non-hydrogen) atoms. The normalized spacial score (nSPS) is 12.5. The average molecular weight is 321 g/mol. The zero-order valence-electron chi connectivity index (χ0n) is 14.4. The van der Waals surface area contributed by atoms with Crippen molar-refractivity contribution in [3.8, 4) is 11.3 Å². The lowest BCUT2D eigenvalue weighted by molar-refractivity contribution is 0.217. The largest absolute Gasteiger partial charge is 0.359 e. The summed E-state index contributed by atoms with van der Waals surface area (Å²) in [6.07, 6.45) is 2.79. The molecular weight excluding hydrogens is 298 g/mol. The molecule has 0 spiro atoms. The van der Waals surface area contributed by atoms with Gasteiger partial charge in [0.25, 0.3) is 0 Å². The van der Waals surface area contributed by atoms with Gasteiger partial charge in [-0.05, 0) is 38.6 Å². The minimum Gasteiger partial charge on any atom is -0.359 e. The van der Waals surface area contributed by atoms with Gasteiger partial charge in [0.2, 0.25) is 0 Å². The molecule has 1 atom stereocenters. The number of rotatable bonds is 6. The molecule has 2 aromatic heterocycles. The first-order chi connectivity index (χ1) is 11.6. The lowest BCUT2D eigenvalue weighted by Crippen LogP contribution is -2.30. The van der Waals surface area contributed by atoms with Crippen LogP contribution in [-0.4, -0.2) is 28.1 Å². The van der Waals surface area contributed by atoms with Gasteiger partial charge in [-0.15, -0.1) is 0 Å². The van der Waals surface area contributed by atoms with Crippen molar-refractivity contribution >= 4 is 0 Å². The molecule has 1 aromatic carbocycles. The molecule has 2 heterocycles. The highest BCUT2D eigenvalue weighted by atomic mass is 16.5. The maximum Gasteiger partial charge on any atom is 0.151 e. The van der Waals surface area contributed by atoms with Gasteiger partial charge >= 0.3 is 0 Å². The molecule has 0 saturated heterocycles. The minimum absolute atomic E-state index is 0.365. The van der Waals surface area contributed by atoms with Crippen molar-refractivity contribution < 1.29 is 4.52 Å². The van der Waals surface area contributed by atoms with Crippen LogP contribution in [-0.2, 0) is 13.0 Å². The molecule has 124 valence electrons. The van der Waals surface area contributed by atoms with Gasteiger partial charge in [-0.3, -0.25) is 9.88 Å². The second kappa shape index (κ2) is 7.41. The number of benzene rings is 1. The van der Waals surface area contributed by atoms with E-state index in [0.29, 0.717) is 6.04 Å². The van der Waals surface area contributed by atoms with Gasteiger partial charge in [-0.2, -0.15) is 0 Å². The van der Waals surface area contributed by atoms with E-state index in [1.165, 1.54) is 5.56 Å². The van der Waals surface area contributed by atoms with Crippen LogP contribution >= 0.6 is 0 Å². The molecule has 0 bridgehead atoms. The highest BCUT2D eigenvalue weighted by Gasteiger charge is 2.14. The van der Waals surface area contributed by atoms with Crippen LogP contribution in [0, 0.1) is 6.92 Å². The number of aromatic nitrogens is 2. The molecule has 0 unspecified atom stereocenters. The Hall–Kier alpha value is -2.46. The zero-order valence-corrected chi connectivity index (χ0v) is 14.4. The molecule has 0 N–H and O–H groups in total. The fourth-order valence-corrected chi connectivity index (χ4v) is 2.70. The molecule has 0 saturated carbocycles. The van der Waals surface area contributed by atoms with E-state index in [0.717, 1.165) is 35.7 Å². The van der Waals surface area contributed by atoms with Crippen molar-refractivity contribution in [3.05, 3.63) is 71.7 Å². The number of likely N-dealkylation sites (N-methyl/N-ethyl adjacent to an activating group) is 1. The maximum atomic E-state index is 5.50. The Kier molecular flexibility index (Phi) is 5.06. The third kappa shape index (κ3) is 4.09. The third-order valence-corrected chi connectivity index (χ3v) is 4.26. The first kappa shape index (κ1) is 16.4. The summed E-state index contributed by atoms with van der Waals surface area (Å²) in [5.74, 6) is 0.875. The average Bonchev–Trinajstić information content (AvgIpc) is 3.04. The summed E-state index contributed by atoms with van der Waals surface area (Å²) in [5, 5.41) is 4.18. The van der Waals surface area contributed by atoms with E-state index in [2.05, 4.69) is 42.0 Å². The van der Waals surface area contributed by atoms with Crippen LogP contribution < -0.4 is 0 Å². The van der Waals surface area contributed by atoms with Gasteiger partial charge in [0, 0.05) is 36.0 Å². The minimum atomic E-state index is 0.365. The number of hydrogen-bond donors (Lipinski definition) is 0. The molecule has 0 aliphatic rings. The van der Waals surface area contributed by atoms with Crippen LogP contribution in [0.15, 0.2) is 59.3 Å². The van der Waals surface area contributed by atoms with E-state index in [1.54, 1.807) is 0 Å². The van der Waals surface area contributed by atoms with Gasteiger partial charge in [0.05, 0.1) is 6.54 Å². The second-order valence-corrected chi connectivity index (χ2v) is 6.34. The SMILES string of the molecule is Cc1ccnc(C[C@H](C)N(C)Cc2cc(-c3ccccc3)no2)c1. The summed E-state index contributed by atoms with van der Waals surface area (Å²) in [5.41, 5.74) is 4.33. The zero-order chi connectivity index (χ0) is 16.9. The summed E-state index contributed by atoms with van der Waals surface area (Å²) in [4.78, 5) is 6.71. The molecule has 0 amide bonds. The van der Waals surface area contributed by atoms with Crippen LogP contribution in [0.25, 0.3) is 11.3 Å². The quantitative estimate of drug-likeness (QED) is 0.685. The van der Waals surface area contributed by atoms with Crippen molar-refractivity contribution in [3.63, 3.8) is 0 Å². The molecular formula is C20H23N3O. The first-order valence-electron chi connectivity index (χ1n) is 8.24. The lowest BCUT2D eigenvalue weighted by atomic mass is 10.1. The number of pyridine rings is 1. The topological polar surface area (TPSA) is 42.2 Å². The van der Waals surface area contributed by atoms with E-state index in [4.69, 9.17) is 4.52 Å². The molecule has 4 heteroatoms. The van der Waals surface area contributed by atoms with Gasteiger partial charge in [-0.25, -0.2) is 0 Å². The summed E-state index contributed by atoms with van der Waals surface area (Å²) >= 11 is 0. The van der Waals surface area contributed by atoms with Crippen molar-refractivity contribution in [2.75, 3.05) is 7.05 Å². The summed E-state index contributed by atoms with van der Waals surface area (Å²) in [7, 11) is 2.10. The van der Waals surface area contributed by atoms with E-state index >= 15 is 0 Å². The Bertz CT molecular complexity index is 782. The monoisotopic (exact) mass is 321 g/mol. The fraction of sp³-hybridized carbons (Fsp3) is 0.300. The molecule has 0 aliphatic heterocycles. The van der Waals surface area contributed by atoms with Crippen LogP contribution in [0.4, 0.5) is 0 Å². The smallest absolute Gasteiger partial charge is 0.151 e. The van der Waals surface area contributed by atoms with E-state index < -0.39 is 0 Å². The van der Waals surface area contributed by atoms with Gasteiger partial charge < -0.3 is 4.52 Å². The fourth-order valence-electron chi connectivity index (χ4n) is 2.70. The Morgan fingerprint density at radius 3 is 2.67 bits per heavy atom. The van der Waals surface area contributed by atoms with Crippen LogP contribution in [0.1, 0.15) is 23.9 Å². The standard InChI is InChI=1S/C20H23N3O/c1-15-9-10-21-18(11-15)12-16(2)23(3)14-19-13-20(22-24-19)17-7-5-4-6-8-17/h4-11,13,16H,12,14H2,1-3H3/t16-/m0/s1. The van der Waals surface area contributed by atoms with E-state index in [9.17, 15) is 0 Å². The van der Waals surface area contributed by atoms with Gasteiger partial charge in [-0.1, -0.05) is 35.5 Å². The van der Waals surface area contributed by atoms with Crippen LogP contribution in [0.3, 0.4) is 0 Å². The Morgan fingerprint density at radius 2 is 1.92 bits per heavy atom. The Balaban J connectivity index is 1.62. The molecule has 0 fully saturated rings. The van der Waals surface area contributed by atoms with Crippen molar-refractivity contribution in [1.82, 2.24) is 15.0 Å². The molecule has 0 radical (unpaired) electrons. The van der Waals surface area contributed by atoms with E-state index in [1.807, 2.05) is 48.7 Å².